The van der Waals surface area contributed by atoms with E-state index in [-0.39, 0.29) is 5.91 Å². The number of ether oxygens (including phenoxy) is 1. The molecule has 7 nitrogen and oxygen atoms in total. The Morgan fingerprint density at radius 1 is 0.964 bits per heavy atom. The normalized spacial score (nSPS) is 11.2. The molecule has 3 amide bonds. The second-order valence-corrected chi connectivity index (χ2v) is 6.20. The van der Waals surface area contributed by atoms with Gasteiger partial charge in [0.25, 0.3) is 11.8 Å². The molecule has 0 radical (unpaired) electrons. The highest BCUT2D eigenvalue weighted by molar-refractivity contribution is 5.97. The molecule has 0 spiro atoms. The SMILES string of the molecule is CCC(=O)Nc1ccc(C(=O)NNC(=O)C(CC)Oc2ccccc2C)cc1. The van der Waals surface area contributed by atoms with E-state index in [0.29, 0.717) is 29.8 Å². The lowest BCUT2D eigenvalue weighted by Crippen LogP contribution is -2.48. The van der Waals surface area contributed by atoms with Gasteiger partial charge in [0.1, 0.15) is 5.75 Å². The lowest BCUT2D eigenvalue weighted by molar-refractivity contribution is -0.128. The van der Waals surface area contributed by atoms with Crippen molar-refractivity contribution in [3.8, 4) is 5.75 Å². The topological polar surface area (TPSA) is 96.5 Å². The van der Waals surface area contributed by atoms with Crippen LogP contribution in [0.2, 0.25) is 0 Å². The third-order valence-corrected chi connectivity index (χ3v) is 4.08. The Hall–Kier alpha value is -3.35. The molecule has 0 aromatic heterocycles. The van der Waals surface area contributed by atoms with Crippen LogP contribution in [0.3, 0.4) is 0 Å². The Labute approximate surface area is 164 Å². The van der Waals surface area contributed by atoms with Gasteiger partial charge in [0.05, 0.1) is 0 Å². The second-order valence-electron chi connectivity index (χ2n) is 6.20. The zero-order valence-electron chi connectivity index (χ0n) is 16.2. The van der Waals surface area contributed by atoms with Crippen molar-refractivity contribution in [1.82, 2.24) is 10.9 Å². The molecule has 0 heterocycles. The zero-order chi connectivity index (χ0) is 20.5. The van der Waals surface area contributed by atoms with Gasteiger partial charge in [-0.2, -0.15) is 0 Å². The number of rotatable bonds is 7. The molecule has 0 saturated carbocycles. The molecule has 2 rings (SSSR count). The lowest BCUT2D eigenvalue weighted by Gasteiger charge is -2.18. The second kappa shape index (κ2) is 10.1. The number of hydrazine groups is 1. The summed E-state index contributed by atoms with van der Waals surface area (Å²) in [4.78, 5) is 35.9. The fourth-order valence-electron chi connectivity index (χ4n) is 2.39. The number of carbonyl (C=O) groups is 3. The Kier molecular flexibility index (Phi) is 7.56. The van der Waals surface area contributed by atoms with Crippen molar-refractivity contribution >= 4 is 23.4 Å². The van der Waals surface area contributed by atoms with E-state index in [9.17, 15) is 14.4 Å². The summed E-state index contributed by atoms with van der Waals surface area (Å²) in [5.41, 5.74) is 6.65. The van der Waals surface area contributed by atoms with Gasteiger partial charge in [-0.25, -0.2) is 0 Å². The van der Waals surface area contributed by atoms with E-state index in [4.69, 9.17) is 4.74 Å². The molecule has 2 aromatic rings. The lowest BCUT2D eigenvalue weighted by atomic mass is 10.2. The Balaban J connectivity index is 1.90. The highest BCUT2D eigenvalue weighted by Gasteiger charge is 2.20. The molecule has 0 bridgehead atoms. The van der Waals surface area contributed by atoms with Crippen molar-refractivity contribution in [2.45, 2.75) is 39.7 Å². The van der Waals surface area contributed by atoms with Crippen molar-refractivity contribution in [3.63, 3.8) is 0 Å². The molecule has 0 fully saturated rings. The van der Waals surface area contributed by atoms with Gasteiger partial charge >= 0.3 is 0 Å². The van der Waals surface area contributed by atoms with Gasteiger partial charge in [0, 0.05) is 17.7 Å². The van der Waals surface area contributed by atoms with Gasteiger partial charge in [-0.15, -0.1) is 0 Å². The Morgan fingerprint density at radius 3 is 2.25 bits per heavy atom. The number of hydrogen-bond acceptors (Lipinski definition) is 4. The summed E-state index contributed by atoms with van der Waals surface area (Å²) in [6.45, 7) is 5.48. The predicted molar refractivity (Wildman–Crippen MR) is 107 cm³/mol. The first-order valence-corrected chi connectivity index (χ1v) is 9.17. The van der Waals surface area contributed by atoms with Crippen molar-refractivity contribution in [3.05, 3.63) is 59.7 Å². The quantitative estimate of drug-likeness (QED) is 0.641. The summed E-state index contributed by atoms with van der Waals surface area (Å²) in [5, 5.41) is 2.70. The molecule has 148 valence electrons. The van der Waals surface area contributed by atoms with Gasteiger partial charge in [-0.05, 0) is 49.2 Å². The minimum absolute atomic E-state index is 0.108. The van der Waals surface area contributed by atoms with E-state index in [2.05, 4.69) is 16.2 Å². The summed E-state index contributed by atoms with van der Waals surface area (Å²) in [6.07, 6.45) is 0.0901. The molecule has 0 saturated heterocycles. The van der Waals surface area contributed by atoms with Crippen LogP contribution >= 0.6 is 0 Å². The number of amides is 3. The highest BCUT2D eigenvalue weighted by Crippen LogP contribution is 2.18. The maximum absolute atomic E-state index is 12.3. The first-order valence-electron chi connectivity index (χ1n) is 9.17. The van der Waals surface area contributed by atoms with Gasteiger partial charge in [0.2, 0.25) is 5.91 Å². The zero-order valence-corrected chi connectivity index (χ0v) is 16.2. The van der Waals surface area contributed by atoms with Gasteiger partial charge in [0.15, 0.2) is 6.10 Å². The van der Waals surface area contributed by atoms with E-state index in [1.807, 2.05) is 32.0 Å². The molecule has 0 aliphatic carbocycles. The smallest absolute Gasteiger partial charge is 0.279 e. The molecule has 1 unspecified atom stereocenters. The Bertz CT molecular complexity index is 834. The number of nitrogens with one attached hydrogen (secondary N) is 3. The van der Waals surface area contributed by atoms with Crippen LogP contribution in [0.5, 0.6) is 5.75 Å². The number of anilines is 1. The third-order valence-electron chi connectivity index (χ3n) is 4.08. The molecule has 3 N–H and O–H groups in total. The fraction of sp³-hybridized carbons (Fsp3) is 0.286. The molecular weight excluding hydrogens is 358 g/mol. The molecule has 7 heteroatoms. The molecular formula is C21H25N3O4. The minimum atomic E-state index is -0.729. The number of aryl methyl sites for hydroxylation is 1. The van der Waals surface area contributed by atoms with Gasteiger partial charge in [-0.3, -0.25) is 25.2 Å². The standard InChI is InChI=1S/C21H25N3O4/c1-4-17(28-18-9-7-6-8-14(18)3)21(27)24-23-20(26)15-10-12-16(13-11-15)22-19(25)5-2/h6-13,17H,4-5H2,1-3H3,(H,22,25)(H,23,26)(H,24,27). The monoisotopic (exact) mass is 383 g/mol. The molecule has 28 heavy (non-hydrogen) atoms. The van der Waals surface area contributed by atoms with Crippen molar-refractivity contribution in [2.24, 2.45) is 0 Å². The van der Waals surface area contributed by atoms with Crippen LogP contribution in [-0.2, 0) is 9.59 Å². The van der Waals surface area contributed by atoms with Crippen LogP contribution in [0.25, 0.3) is 0 Å². The fourth-order valence-corrected chi connectivity index (χ4v) is 2.39. The third kappa shape index (κ3) is 5.84. The van der Waals surface area contributed by atoms with Crippen molar-refractivity contribution in [2.75, 3.05) is 5.32 Å². The summed E-state index contributed by atoms with van der Waals surface area (Å²) in [7, 11) is 0. The van der Waals surface area contributed by atoms with Gasteiger partial charge in [-0.1, -0.05) is 32.0 Å². The average molecular weight is 383 g/mol. The summed E-state index contributed by atoms with van der Waals surface area (Å²) < 4.78 is 5.75. The number of para-hydroxylation sites is 1. The van der Waals surface area contributed by atoms with Gasteiger partial charge < -0.3 is 10.1 Å². The van der Waals surface area contributed by atoms with Crippen LogP contribution in [0, 0.1) is 6.92 Å². The minimum Gasteiger partial charge on any atom is -0.480 e. The maximum atomic E-state index is 12.3. The van der Waals surface area contributed by atoms with Crippen molar-refractivity contribution in [1.29, 1.82) is 0 Å². The van der Waals surface area contributed by atoms with Crippen LogP contribution < -0.4 is 20.9 Å². The number of hydrogen-bond donors (Lipinski definition) is 3. The van der Waals surface area contributed by atoms with Crippen LogP contribution in [0.1, 0.15) is 42.6 Å². The summed E-state index contributed by atoms with van der Waals surface area (Å²) in [6, 6.07) is 13.8. The first-order chi connectivity index (χ1) is 13.4. The molecule has 0 aliphatic heterocycles. The largest absolute Gasteiger partial charge is 0.480 e. The van der Waals surface area contributed by atoms with Crippen LogP contribution in [-0.4, -0.2) is 23.8 Å². The molecule has 2 aromatic carbocycles. The number of carbonyl (C=O) groups excluding carboxylic acids is 3. The van der Waals surface area contributed by atoms with E-state index < -0.39 is 17.9 Å². The van der Waals surface area contributed by atoms with Crippen LogP contribution in [0.4, 0.5) is 5.69 Å². The average Bonchev–Trinajstić information content (AvgIpc) is 2.71. The Morgan fingerprint density at radius 2 is 1.64 bits per heavy atom. The van der Waals surface area contributed by atoms with E-state index in [1.165, 1.54) is 0 Å². The van der Waals surface area contributed by atoms with E-state index >= 15 is 0 Å². The first kappa shape index (κ1) is 21.0. The summed E-state index contributed by atoms with van der Waals surface area (Å²) in [5.74, 6) is -0.386. The highest BCUT2D eigenvalue weighted by atomic mass is 16.5. The maximum Gasteiger partial charge on any atom is 0.279 e. The van der Waals surface area contributed by atoms with E-state index in [1.54, 1.807) is 37.3 Å². The molecule has 1 atom stereocenters. The number of benzene rings is 2. The van der Waals surface area contributed by atoms with Crippen LogP contribution in [0.15, 0.2) is 48.5 Å². The molecule has 0 aliphatic rings. The van der Waals surface area contributed by atoms with Crippen molar-refractivity contribution < 1.29 is 19.1 Å². The predicted octanol–water partition coefficient (Wildman–Crippen LogP) is 2.96. The van der Waals surface area contributed by atoms with E-state index in [0.717, 1.165) is 5.56 Å². The summed E-state index contributed by atoms with van der Waals surface area (Å²) >= 11 is 0.